The van der Waals surface area contributed by atoms with Crippen molar-refractivity contribution < 1.29 is 28.1 Å². The molecule has 0 spiro atoms. The molecule has 0 aromatic rings. The van der Waals surface area contributed by atoms with E-state index in [0.29, 0.717) is 0 Å². The fourth-order valence-corrected chi connectivity index (χ4v) is 1.48. The van der Waals surface area contributed by atoms with Crippen molar-refractivity contribution in [1.29, 1.82) is 0 Å². The summed E-state index contributed by atoms with van der Waals surface area (Å²) in [5.74, 6) is 0. The fraction of sp³-hybridized carbons (Fsp3) is 0.900. The van der Waals surface area contributed by atoms with E-state index in [1.54, 1.807) is 11.2 Å². The molecule has 0 atom stereocenters. The van der Waals surface area contributed by atoms with Gasteiger partial charge in [0.05, 0.1) is 0 Å². The van der Waals surface area contributed by atoms with Crippen LogP contribution in [0.4, 0.5) is 4.79 Å². The maximum absolute atomic E-state index is 11.2. The Morgan fingerprint density at radius 3 is 2.56 bits per heavy atom. The topological polar surface area (TPSA) is 43.6 Å². The molecule has 0 heterocycles. The van der Waals surface area contributed by atoms with Crippen molar-refractivity contribution in [2.24, 2.45) is 0 Å². The van der Waals surface area contributed by atoms with Crippen molar-refractivity contribution in [3.63, 3.8) is 0 Å². The molecule has 0 rings (SSSR count). The number of carbonyl (C=O) groups excluding carboxylic acids is 1. The van der Waals surface area contributed by atoms with Gasteiger partial charge in [-0.1, -0.05) is 11.8 Å². The average Bonchev–Trinajstić information content (AvgIpc) is 2.26. The van der Waals surface area contributed by atoms with E-state index < -0.39 is 0 Å². The third kappa shape index (κ3) is 10.8. The second kappa shape index (κ2) is 13.4. The second-order valence-electron chi connectivity index (χ2n) is 3.25. The SMILES string of the molecule is C[N-]CCCOCCCN(C)C(=O)SC.[V]. The third-order valence-corrected chi connectivity index (χ3v) is 2.60. The van der Waals surface area contributed by atoms with E-state index in [4.69, 9.17) is 4.74 Å². The van der Waals surface area contributed by atoms with Crippen LogP contribution in [0.1, 0.15) is 12.8 Å². The predicted octanol–water partition coefficient (Wildman–Crippen LogP) is 2.20. The molecule has 0 saturated heterocycles. The summed E-state index contributed by atoms with van der Waals surface area (Å²) in [6.45, 7) is 3.11. The van der Waals surface area contributed by atoms with Gasteiger partial charge >= 0.3 is 0 Å². The molecule has 0 unspecified atom stereocenters. The van der Waals surface area contributed by atoms with Gasteiger partial charge in [-0.25, -0.2) is 0 Å². The van der Waals surface area contributed by atoms with Crippen LogP contribution in [0.5, 0.6) is 0 Å². The van der Waals surface area contributed by atoms with E-state index in [9.17, 15) is 4.79 Å². The minimum absolute atomic E-state index is 0. The molecular formula is C10H21N2O2SV-. The monoisotopic (exact) mass is 284 g/mol. The smallest absolute Gasteiger partial charge is 0.281 e. The van der Waals surface area contributed by atoms with E-state index in [-0.39, 0.29) is 23.8 Å². The quantitative estimate of drug-likeness (QED) is 0.642. The number of nitrogens with zero attached hydrogens (tertiary/aromatic N) is 2. The molecule has 95 valence electrons. The average molecular weight is 284 g/mol. The summed E-state index contributed by atoms with van der Waals surface area (Å²) in [6, 6.07) is 0. The van der Waals surface area contributed by atoms with Gasteiger partial charge in [0.2, 0.25) is 0 Å². The second-order valence-corrected chi connectivity index (χ2v) is 4.01. The van der Waals surface area contributed by atoms with Crippen molar-refractivity contribution >= 4 is 17.0 Å². The summed E-state index contributed by atoms with van der Waals surface area (Å²) in [5, 5.41) is 4.09. The van der Waals surface area contributed by atoms with Crippen LogP contribution in [0, 0.1) is 0 Å². The van der Waals surface area contributed by atoms with Gasteiger partial charge in [-0.05, 0) is 19.1 Å². The minimum atomic E-state index is 0. The van der Waals surface area contributed by atoms with Crippen LogP contribution < -0.4 is 0 Å². The normalized spacial score (nSPS) is 9.69. The Labute approximate surface area is 115 Å². The Balaban J connectivity index is 0. The summed E-state index contributed by atoms with van der Waals surface area (Å²) < 4.78 is 5.39. The number of thioether (sulfide) groups is 1. The molecule has 0 aliphatic rings. The van der Waals surface area contributed by atoms with Gasteiger partial charge in [-0.3, -0.25) is 4.79 Å². The molecule has 0 aromatic carbocycles. The van der Waals surface area contributed by atoms with E-state index in [1.165, 1.54) is 11.8 Å². The molecule has 0 aliphatic carbocycles. The number of amides is 1. The number of hydrogen-bond donors (Lipinski definition) is 0. The third-order valence-electron chi connectivity index (χ3n) is 1.94. The zero-order valence-corrected chi connectivity index (χ0v) is 12.5. The van der Waals surface area contributed by atoms with Crippen LogP contribution in [0.15, 0.2) is 0 Å². The minimum Gasteiger partial charge on any atom is -0.665 e. The van der Waals surface area contributed by atoms with Gasteiger partial charge in [-0.2, -0.15) is 7.05 Å². The van der Waals surface area contributed by atoms with Crippen molar-refractivity contribution in [1.82, 2.24) is 4.90 Å². The number of rotatable bonds is 8. The van der Waals surface area contributed by atoms with Crippen LogP contribution in [-0.2, 0) is 23.3 Å². The van der Waals surface area contributed by atoms with Gasteiger partial charge in [-0.15, -0.1) is 6.54 Å². The standard InChI is InChI=1S/C10H21N2O2S.V/c1-11-6-4-8-14-9-5-7-12(2)10(13)15-3;/h4-9H2,1-3H3;/q-1;. The van der Waals surface area contributed by atoms with E-state index in [0.717, 1.165) is 39.1 Å². The summed E-state index contributed by atoms with van der Waals surface area (Å²) in [4.78, 5) is 12.9. The Hall–Kier alpha value is 0.324. The largest absolute Gasteiger partial charge is 0.665 e. The number of carbonyl (C=O) groups is 1. The Morgan fingerprint density at radius 1 is 1.38 bits per heavy atom. The van der Waals surface area contributed by atoms with Crippen LogP contribution in [0.25, 0.3) is 5.32 Å². The molecule has 0 aliphatic heterocycles. The Kier molecular flexibility index (Phi) is 15.6. The molecule has 1 radical (unpaired) electrons. The first-order valence-corrected chi connectivity index (χ1v) is 6.37. The molecule has 16 heavy (non-hydrogen) atoms. The molecule has 0 N–H and O–H groups in total. The van der Waals surface area contributed by atoms with Gasteiger partial charge in [0, 0.05) is 45.4 Å². The first kappa shape index (κ1) is 18.7. The molecule has 0 aromatic heterocycles. The molecule has 6 heteroatoms. The van der Waals surface area contributed by atoms with Gasteiger partial charge in [0.15, 0.2) is 0 Å². The molecular weight excluding hydrogens is 263 g/mol. The van der Waals surface area contributed by atoms with Crippen LogP contribution in [0.2, 0.25) is 0 Å². The molecule has 0 fully saturated rings. The van der Waals surface area contributed by atoms with Crippen LogP contribution in [0.3, 0.4) is 0 Å². The molecule has 4 nitrogen and oxygen atoms in total. The molecule has 1 amide bonds. The van der Waals surface area contributed by atoms with E-state index in [1.807, 2.05) is 14.1 Å². The van der Waals surface area contributed by atoms with E-state index >= 15 is 0 Å². The van der Waals surface area contributed by atoms with Crippen LogP contribution in [-0.4, -0.2) is 56.8 Å². The van der Waals surface area contributed by atoms with E-state index in [2.05, 4.69) is 5.32 Å². The number of hydrogen-bond acceptors (Lipinski definition) is 3. The van der Waals surface area contributed by atoms with Gasteiger partial charge in [0.1, 0.15) is 0 Å². The summed E-state index contributed by atoms with van der Waals surface area (Å²) in [7, 11) is 3.62. The molecule has 0 bridgehead atoms. The summed E-state index contributed by atoms with van der Waals surface area (Å²) in [5.41, 5.74) is 0. The van der Waals surface area contributed by atoms with Crippen molar-refractivity contribution in [3.8, 4) is 0 Å². The van der Waals surface area contributed by atoms with Crippen LogP contribution >= 0.6 is 11.8 Å². The van der Waals surface area contributed by atoms with Crippen molar-refractivity contribution in [2.75, 3.05) is 46.7 Å². The van der Waals surface area contributed by atoms with Gasteiger partial charge in [0.25, 0.3) is 5.24 Å². The fourth-order valence-electron chi connectivity index (χ4n) is 1.08. The van der Waals surface area contributed by atoms with Crippen molar-refractivity contribution in [3.05, 3.63) is 5.32 Å². The van der Waals surface area contributed by atoms with Crippen molar-refractivity contribution in [2.45, 2.75) is 12.8 Å². The maximum Gasteiger partial charge on any atom is 0.281 e. The zero-order chi connectivity index (χ0) is 11.5. The zero-order valence-electron chi connectivity index (χ0n) is 10.3. The summed E-state index contributed by atoms with van der Waals surface area (Å²) in [6.07, 6.45) is 3.67. The Bertz CT molecular complexity index is 173. The predicted molar refractivity (Wildman–Crippen MR) is 65.7 cm³/mol. The molecule has 0 saturated carbocycles. The number of ether oxygens (including phenoxy) is 1. The maximum atomic E-state index is 11.2. The first-order valence-electron chi connectivity index (χ1n) is 5.14. The summed E-state index contributed by atoms with van der Waals surface area (Å²) >= 11 is 1.24. The Morgan fingerprint density at radius 2 is 2.00 bits per heavy atom. The first-order chi connectivity index (χ1) is 7.22. The van der Waals surface area contributed by atoms with Gasteiger partial charge < -0.3 is 15.0 Å².